The number of carbonyl (C=O) groups is 1. The fraction of sp³-hybridized carbons (Fsp3) is 0.333. The molecule has 1 aromatic rings. The van der Waals surface area contributed by atoms with Crippen molar-refractivity contribution in [2.45, 2.75) is 13.3 Å². The van der Waals surface area contributed by atoms with Crippen LogP contribution in [0.1, 0.15) is 23.7 Å². The van der Waals surface area contributed by atoms with Gasteiger partial charge in [0.25, 0.3) is 5.91 Å². The third-order valence-electron chi connectivity index (χ3n) is 1.50. The molecule has 3 nitrogen and oxygen atoms in total. The van der Waals surface area contributed by atoms with Gasteiger partial charge in [0.05, 0.1) is 11.8 Å². The predicted octanol–water partition coefficient (Wildman–Crippen LogP) is 1.36. The van der Waals surface area contributed by atoms with E-state index >= 15 is 0 Å². The molecule has 1 amide bonds. The van der Waals surface area contributed by atoms with Gasteiger partial charge in [0.15, 0.2) is 0 Å². The molecule has 0 fully saturated rings. The highest BCUT2D eigenvalue weighted by atomic mass is 19.1. The molecule has 1 rings (SSSR count). The van der Waals surface area contributed by atoms with Crippen molar-refractivity contribution in [3.8, 4) is 0 Å². The number of amides is 1. The number of pyridine rings is 1. The van der Waals surface area contributed by atoms with Crippen LogP contribution in [0.3, 0.4) is 0 Å². The van der Waals surface area contributed by atoms with Gasteiger partial charge in [-0.15, -0.1) is 0 Å². The molecule has 70 valence electrons. The molecule has 0 saturated heterocycles. The van der Waals surface area contributed by atoms with E-state index in [0.29, 0.717) is 6.54 Å². The summed E-state index contributed by atoms with van der Waals surface area (Å²) in [7, 11) is 0. The van der Waals surface area contributed by atoms with E-state index in [1.807, 2.05) is 6.92 Å². The van der Waals surface area contributed by atoms with Crippen LogP contribution in [-0.2, 0) is 0 Å². The standard InChI is InChI=1S/C9H11FN2O/c1-2-3-12-9(13)7-4-8(10)6-11-5-7/h4-6H,2-3H2,1H3,(H,12,13). The lowest BCUT2D eigenvalue weighted by Crippen LogP contribution is -2.24. The average molecular weight is 182 g/mol. The van der Waals surface area contributed by atoms with Crippen molar-refractivity contribution in [3.63, 3.8) is 0 Å². The molecule has 13 heavy (non-hydrogen) atoms. The minimum absolute atomic E-state index is 0.258. The van der Waals surface area contributed by atoms with E-state index in [2.05, 4.69) is 10.3 Å². The zero-order valence-corrected chi connectivity index (χ0v) is 7.38. The molecule has 0 saturated carbocycles. The smallest absolute Gasteiger partial charge is 0.252 e. The van der Waals surface area contributed by atoms with Gasteiger partial charge in [-0.25, -0.2) is 4.39 Å². The lowest BCUT2D eigenvalue weighted by Gasteiger charge is -2.01. The zero-order valence-electron chi connectivity index (χ0n) is 7.38. The molecule has 1 N–H and O–H groups in total. The van der Waals surface area contributed by atoms with E-state index in [4.69, 9.17) is 0 Å². The van der Waals surface area contributed by atoms with Crippen LogP contribution < -0.4 is 5.32 Å². The molecule has 0 bridgehead atoms. The molecular formula is C9H11FN2O. The van der Waals surface area contributed by atoms with Gasteiger partial charge in [0.1, 0.15) is 5.82 Å². The number of aromatic nitrogens is 1. The molecule has 0 aliphatic rings. The van der Waals surface area contributed by atoms with Crippen LogP contribution in [0.2, 0.25) is 0 Å². The Morgan fingerprint density at radius 1 is 1.62 bits per heavy atom. The highest BCUT2D eigenvalue weighted by Crippen LogP contribution is 2.00. The zero-order chi connectivity index (χ0) is 9.68. The molecule has 0 radical (unpaired) electrons. The number of rotatable bonds is 3. The molecular weight excluding hydrogens is 171 g/mol. The van der Waals surface area contributed by atoms with Crippen molar-refractivity contribution in [2.75, 3.05) is 6.54 Å². The molecule has 1 heterocycles. The first-order valence-corrected chi connectivity index (χ1v) is 4.12. The maximum Gasteiger partial charge on any atom is 0.252 e. The van der Waals surface area contributed by atoms with Crippen molar-refractivity contribution < 1.29 is 9.18 Å². The van der Waals surface area contributed by atoms with E-state index in [1.165, 1.54) is 6.20 Å². The topological polar surface area (TPSA) is 42.0 Å². The summed E-state index contributed by atoms with van der Waals surface area (Å²) in [6, 6.07) is 1.16. The second-order valence-electron chi connectivity index (χ2n) is 2.65. The van der Waals surface area contributed by atoms with Gasteiger partial charge < -0.3 is 5.32 Å². The molecule has 0 aromatic carbocycles. The largest absolute Gasteiger partial charge is 0.352 e. The molecule has 1 aromatic heterocycles. The van der Waals surface area contributed by atoms with Crippen molar-refractivity contribution in [1.82, 2.24) is 10.3 Å². The third kappa shape index (κ3) is 2.82. The molecule has 4 heteroatoms. The number of carbonyl (C=O) groups excluding carboxylic acids is 1. The highest BCUT2D eigenvalue weighted by Gasteiger charge is 2.04. The Kier molecular flexibility index (Phi) is 3.37. The summed E-state index contributed by atoms with van der Waals surface area (Å²) in [6.07, 6.45) is 3.26. The van der Waals surface area contributed by atoms with E-state index < -0.39 is 5.82 Å². The second kappa shape index (κ2) is 4.54. The Hall–Kier alpha value is -1.45. The molecule has 0 atom stereocenters. The quantitative estimate of drug-likeness (QED) is 0.766. The van der Waals surface area contributed by atoms with Crippen molar-refractivity contribution >= 4 is 5.91 Å². The summed E-state index contributed by atoms with van der Waals surface area (Å²) in [5.74, 6) is -0.780. The van der Waals surface area contributed by atoms with Gasteiger partial charge in [-0.1, -0.05) is 6.92 Å². The van der Waals surface area contributed by atoms with Crippen LogP contribution in [0.4, 0.5) is 4.39 Å². The van der Waals surface area contributed by atoms with E-state index in [-0.39, 0.29) is 11.5 Å². The van der Waals surface area contributed by atoms with Crippen molar-refractivity contribution in [1.29, 1.82) is 0 Å². The van der Waals surface area contributed by atoms with Crippen LogP contribution in [0, 0.1) is 5.82 Å². The van der Waals surface area contributed by atoms with Gasteiger partial charge in [0, 0.05) is 12.7 Å². The van der Waals surface area contributed by atoms with Crippen LogP contribution >= 0.6 is 0 Å². The number of halogens is 1. The summed E-state index contributed by atoms with van der Waals surface area (Å²) in [5, 5.41) is 2.63. The molecule has 0 spiro atoms. The van der Waals surface area contributed by atoms with E-state index in [0.717, 1.165) is 18.7 Å². The first-order chi connectivity index (χ1) is 6.24. The van der Waals surface area contributed by atoms with Crippen LogP contribution in [0.25, 0.3) is 0 Å². The Morgan fingerprint density at radius 3 is 3.00 bits per heavy atom. The Labute approximate surface area is 76.0 Å². The van der Waals surface area contributed by atoms with Crippen LogP contribution in [-0.4, -0.2) is 17.4 Å². The first-order valence-electron chi connectivity index (χ1n) is 4.12. The van der Waals surface area contributed by atoms with Gasteiger partial charge in [0.2, 0.25) is 0 Å². The Bertz CT molecular complexity index is 301. The summed E-state index contributed by atoms with van der Waals surface area (Å²) in [6.45, 7) is 2.54. The fourth-order valence-electron chi connectivity index (χ4n) is 0.877. The lowest BCUT2D eigenvalue weighted by atomic mass is 10.2. The summed E-state index contributed by atoms with van der Waals surface area (Å²) in [5.41, 5.74) is 0.258. The molecule has 0 unspecified atom stereocenters. The SMILES string of the molecule is CCCNC(=O)c1cncc(F)c1. The fourth-order valence-corrected chi connectivity index (χ4v) is 0.877. The number of hydrogen-bond donors (Lipinski definition) is 1. The molecule has 0 aliphatic heterocycles. The van der Waals surface area contributed by atoms with Gasteiger partial charge in [-0.05, 0) is 12.5 Å². The second-order valence-corrected chi connectivity index (χ2v) is 2.65. The Balaban J connectivity index is 2.66. The minimum atomic E-state index is -0.496. The van der Waals surface area contributed by atoms with E-state index in [1.54, 1.807) is 0 Å². The number of nitrogens with zero attached hydrogens (tertiary/aromatic N) is 1. The summed E-state index contributed by atoms with van der Waals surface area (Å²) >= 11 is 0. The van der Waals surface area contributed by atoms with Crippen molar-refractivity contribution in [3.05, 3.63) is 29.8 Å². The normalized spacial score (nSPS) is 9.69. The molecule has 0 aliphatic carbocycles. The monoisotopic (exact) mass is 182 g/mol. The Morgan fingerprint density at radius 2 is 2.38 bits per heavy atom. The summed E-state index contributed by atoms with van der Waals surface area (Å²) < 4.78 is 12.6. The average Bonchev–Trinajstić information content (AvgIpc) is 2.14. The van der Waals surface area contributed by atoms with Crippen molar-refractivity contribution in [2.24, 2.45) is 0 Å². The number of hydrogen-bond acceptors (Lipinski definition) is 2. The highest BCUT2D eigenvalue weighted by molar-refractivity contribution is 5.93. The third-order valence-corrected chi connectivity index (χ3v) is 1.50. The van der Waals surface area contributed by atoms with E-state index in [9.17, 15) is 9.18 Å². The van der Waals surface area contributed by atoms with Gasteiger partial charge in [-0.2, -0.15) is 0 Å². The summed E-state index contributed by atoms with van der Waals surface area (Å²) in [4.78, 5) is 14.8. The van der Waals surface area contributed by atoms with Gasteiger partial charge >= 0.3 is 0 Å². The van der Waals surface area contributed by atoms with Gasteiger partial charge in [-0.3, -0.25) is 9.78 Å². The first kappa shape index (κ1) is 9.64. The lowest BCUT2D eigenvalue weighted by molar-refractivity contribution is 0.0953. The predicted molar refractivity (Wildman–Crippen MR) is 46.8 cm³/mol. The maximum absolute atomic E-state index is 12.6. The maximum atomic E-state index is 12.6. The minimum Gasteiger partial charge on any atom is -0.352 e. The number of nitrogens with one attached hydrogen (secondary N) is 1. The van der Waals surface area contributed by atoms with Crippen LogP contribution in [0.15, 0.2) is 18.5 Å². The van der Waals surface area contributed by atoms with Crippen LogP contribution in [0.5, 0.6) is 0 Å².